The van der Waals surface area contributed by atoms with Gasteiger partial charge in [-0.15, -0.1) is 0 Å². The quantitative estimate of drug-likeness (QED) is 0.616. The van der Waals surface area contributed by atoms with E-state index in [0.717, 1.165) is 59.1 Å². The van der Waals surface area contributed by atoms with Crippen molar-refractivity contribution >= 4 is 0 Å². The Bertz CT molecular complexity index is 1010. The van der Waals surface area contributed by atoms with Gasteiger partial charge in [0.2, 0.25) is 0 Å². The van der Waals surface area contributed by atoms with Crippen molar-refractivity contribution in [2.75, 3.05) is 27.4 Å². The van der Waals surface area contributed by atoms with Gasteiger partial charge in [0, 0.05) is 31.6 Å². The summed E-state index contributed by atoms with van der Waals surface area (Å²) in [6.07, 6.45) is 0.0470. The molecule has 31 heavy (non-hydrogen) atoms. The maximum absolute atomic E-state index is 10.8. The Labute approximate surface area is 183 Å². The van der Waals surface area contributed by atoms with Crippen molar-refractivity contribution < 1.29 is 19.3 Å². The van der Waals surface area contributed by atoms with E-state index in [-0.39, 0.29) is 0 Å². The van der Waals surface area contributed by atoms with E-state index in [1.54, 1.807) is 14.2 Å². The van der Waals surface area contributed by atoms with Gasteiger partial charge in [-0.3, -0.25) is 4.90 Å². The number of hydrogen-bond donors (Lipinski definition) is 1. The molecule has 0 radical (unpaired) electrons. The van der Waals surface area contributed by atoms with Crippen LogP contribution in [-0.4, -0.2) is 37.4 Å². The van der Waals surface area contributed by atoms with Crippen molar-refractivity contribution in [2.45, 2.75) is 25.6 Å². The van der Waals surface area contributed by atoms with Crippen LogP contribution in [0.3, 0.4) is 0 Å². The minimum Gasteiger partial charge on any atom is -0.493 e. The summed E-state index contributed by atoms with van der Waals surface area (Å²) in [4.78, 5) is 2.35. The summed E-state index contributed by atoms with van der Waals surface area (Å²) in [5.41, 5.74) is 4.29. The Morgan fingerprint density at radius 2 is 1.74 bits per heavy atom. The van der Waals surface area contributed by atoms with Gasteiger partial charge in [0.1, 0.15) is 12.4 Å². The number of aliphatic hydroxyl groups excluding tert-OH is 1. The van der Waals surface area contributed by atoms with Gasteiger partial charge >= 0.3 is 0 Å². The lowest BCUT2D eigenvalue weighted by Crippen LogP contribution is -2.25. The molecule has 162 valence electrons. The third-order valence-corrected chi connectivity index (χ3v) is 5.65. The highest BCUT2D eigenvalue weighted by Crippen LogP contribution is 2.31. The van der Waals surface area contributed by atoms with E-state index in [9.17, 15) is 5.11 Å². The van der Waals surface area contributed by atoms with Gasteiger partial charge in [-0.2, -0.15) is 0 Å². The van der Waals surface area contributed by atoms with Crippen molar-refractivity contribution in [1.29, 1.82) is 0 Å². The van der Waals surface area contributed by atoms with Crippen LogP contribution < -0.4 is 14.2 Å². The van der Waals surface area contributed by atoms with Gasteiger partial charge in [0.25, 0.3) is 0 Å². The maximum Gasteiger partial charge on any atom is 0.161 e. The van der Waals surface area contributed by atoms with E-state index in [1.165, 1.54) is 0 Å². The summed E-state index contributed by atoms with van der Waals surface area (Å²) in [5.74, 6) is 2.36. The summed E-state index contributed by atoms with van der Waals surface area (Å²) >= 11 is 0. The summed E-state index contributed by atoms with van der Waals surface area (Å²) in [7, 11) is 3.30. The topological polar surface area (TPSA) is 51.2 Å². The van der Waals surface area contributed by atoms with Crippen LogP contribution in [-0.2, 0) is 19.5 Å². The summed E-state index contributed by atoms with van der Waals surface area (Å²) in [6, 6.07) is 22.1. The van der Waals surface area contributed by atoms with Gasteiger partial charge in [0.05, 0.1) is 20.3 Å². The smallest absolute Gasteiger partial charge is 0.161 e. The SMILES string of the molecule is COc1ccc(CN2CCOc3ccc(C(O)Cc4ccccc4)cc3C2)cc1OC. The van der Waals surface area contributed by atoms with E-state index in [4.69, 9.17) is 14.2 Å². The Hall–Kier alpha value is -3.02. The molecule has 0 aliphatic carbocycles. The predicted molar refractivity (Wildman–Crippen MR) is 121 cm³/mol. The molecule has 1 heterocycles. The Morgan fingerprint density at radius 3 is 2.52 bits per heavy atom. The Balaban J connectivity index is 1.49. The fourth-order valence-corrected chi connectivity index (χ4v) is 4.00. The van der Waals surface area contributed by atoms with E-state index >= 15 is 0 Å². The van der Waals surface area contributed by atoms with Crippen molar-refractivity contribution in [2.24, 2.45) is 0 Å². The molecule has 0 amide bonds. The summed E-state index contributed by atoms with van der Waals surface area (Å²) < 4.78 is 16.8. The minimum atomic E-state index is -0.546. The highest BCUT2D eigenvalue weighted by Gasteiger charge is 2.19. The molecular weight excluding hydrogens is 390 g/mol. The van der Waals surface area contributed by atoms with Crippen LogP contribution in [0.1, 0.15) is 28.4 Å². The Morgan fingerprint density at radius 1 is 0.935 bits per heavy atom. The number of aliphatic hydroxyl groups is 1. The first-order chi connectivity index (χ1) is 15.2. The second-order valence-corrected chi connectivity index (χ2v) is 7.82. The lowest BCUT2D eigenvalue weighted by molar-refractivity contribution is 0.178. The van der Waals surface area contributed by atoms with E-state index < -0.39 is 6.10 Å². The number of nitrogens with zero attached hydrogens (tertiary/aromatic N) is 1. The predicted octanol–water partition coefficient (Wildman–Crippen LogP) is 4.37. The molecule has 5 heteroatoms. The molecule has 0 saturated carbocycles. The molecular formula is C26H29NO4. The molecule has 3 aromatic rings. The molecule has 0 aromatic heterocycles. The molecule has 1 N–H and O–H groups in total. The molecule has 1 atom stereocenters. The monoisotopic (exact) mass is 419 g/mol. The van der Waals surface area contributed by atoms with Crippen LogP contribution in [0.15, 0.2) is 66.7 Å². The van der Waals surface area contributed by atoms with Crippen LogP contribution in [0.4, 0.5) is 0 Å². The first-order valence-electron chi connectivity index (χ1n) is 10.6. The van der Waals surface area contributed by atoms with Crippen molar-refractivity contribution in [3.63, 3.8) is 0 Å². The second kappa shape index (κ2) is 9.86. The molecule has 1 aliphatic heterocycles. The summed E-state index contributed by atoms with van der Waals surface area (Å²) in [6.45, 7) is 2.99. The molecule has 0 fully saturated rings. The fraction of sp³-hybridized carbons (Fsp3) is 0.308. The van der Waals surface area contributed by atoms with Gasteiger partial charge in [-0.05, 0) is 41.0 Å². The fourth-order valence-electron chi connectivity index (χ4n) is 4.00. The second-order valence-electron chi connectivity index (χ2n) is 7.82. The molecule has 1 unspecified atom stereocenters. The molecule has 5 nitrogen and oxygen atoms in total. The van der Waals surface area contributed by atoms with Gasteiger partial charge in [-0.1, -0.05) is 42.5 Å². The van der Waals surface area contributed by atoms with Crippen LogP contribution in [0, 0.1) is 0 Å². The van der Waals surface area contributed by atoms with Crippen molar-refractivity contribution in [1.82, 2.24) is 4.90 Å². The normalized spacial score (nSPS) is 14.8. The molecule has 0 spiro atoms. The lowest BCUT2D eigenvalue weighted by Gasteiger charge is -2.21. The first-order valence-corrected chi connectivity index (χ1v) is 10.6. The molecule has 3 aromatic carbocycles. The highest BCUT2D eigenvalue weighted by molar-refractivity contribution is 5.43. The van der Waals surface area contributed by atoms with Crippen molar-refractivity contribution in [3.05, 3.63) is 89.0 Å². The van der Waals surface area contributed by atoms with Gasteiger partial charge < -0.3 is 19.3 Å². The van der Waals surface area contributed by atoms with Crippen LogP contribution in [0.25, 0.3) is 0 Å². The molecule has 4 rings (SSSR count). The zero-order valence-corrected chi connectivity index (χ0v) is 18.1. The van der Waals surface area contributed by atoms with Crippen LogP contribution in [0.2, 0.25) is 0 Å². The van der Waals surface area contributed by atoms with E-state index in [2.05, 4.69) is 17.0 Å². The van der Waals surface area contributed by atoms with E-state index in [1.807, 2.05) is 54.6 Å². The van der Waals surface area contributed by atoms with Gasteiger partial charge in [0.15, 0.2) is 11.5 Å². The van der Waals surface area contributed by atoms with E-state index in [0.29, 0.717) is 13.0 Å². The number of methoxy groups -OCH3 is 2. The number of benzene rings is 3. The Kier molecular flexibility index (Phi) is 6.75. The van der Waals surface area contributed by atoms with Crippen LogP contribution >= 0.6 is 0 Å². The van der Waals surface area contributed by atoms with Gasteiger partial charge in [-0.25, -0.2) is 0 Å². The number of ether oxygens (including phenoxy) is 3. The third kappa shape index (κ3) is 5.19. The molecule has 0 bridgehead atoms. The minimum absolute atomic E-state index is 0.546. The summed E-state index contributed by atoms with van der Waals surface area (Å²) in [5, 5.41) is 10.8. The number of rotatable bonds is 7. The largest absolute Gasteiger partial charge is 0.493 e. The first kappa shape index (κ1) is 21.2. The van der Waals surface area contributed by atoms with Crippen LogP contribution in [0.5, 0.6) is 17.2 Å². The average molecular weight is 420 g/mol. The lowest BCUT2D eigenvalue weighted by atomic mass is 9.99. The molecule has 1 aliphatic rings. The maximum atomic E-state index is 10.8. The molecule has 0 saturated heterocycles. The standard InChI is InChI=1S/C26H29NO4/c1-29-25-10-8-20(15-26(25)30-2)17-27-12-13-31-24-11-9-21(16-22(24)18-27)23(28)14-19-6-4-3-5-7-19/h3-11,15-16,23,28H,12-14,17-18H2,1-2H3. The average Bonchev–Trinajstić information content (AvgIpc) is 3.00. The number of fused-ring (bicyclic) bond motifs is 1. The zero-order valence-electron chi connectivity index (χ0n) is 18.1. The zero-order chi connectivity index (χ0) is 21.6. The third-order valence-electron chi connectivity index (χ3n) is 5.65. The highest BCUT2D eigenvalue weighted by atomic mass is 16.5. The van der Waals surface area contributed by atoms with Crippen molar-refractivity contribution in [3.8, 4) is 17.2 Å². The number of hydrogen-bond acceptors (Lipinski definition) is 5.